The van der Waals surface area contributed by atoms with E-state index in [-0.39, 0.29) is 12.5 Å². The highest BCUT2D eigenvalue weighted by molar-refractivity contribution is 6.32. The number of ether oxygens (including phenoxy) is 1. The van der Waals surface area contributed by atoms with E-state index < -0.39 is 0 Å². The molecule has 0 aliphatic heterocycles. The lowest BCUT2D eigenvalue weighted by Crippen LogP contribution is -2.28. The van der Waals surface area contributed by atoms with E-state index >= 15 is 0 Å². The third-order valence-corrected chi connectivity index (χ3v) is 2.12. The summed E-state index contributed by atoms with van der Waals surface area (Å²) in [5.41, 5.74) is 0.468. The molecule has 1 aromatic rings. The first-order valence-corrected chi connectivity index (χ1v) is 5.19. The Hall–Kier alpha value is -1.55. The normalized spacial score (nSPS) is 9.62. The number of rotatable bonds is 5. The van der Waals surface area contributed by atoms with Crippen molar-refractivity contribution in [3.05, 3.63) is 28.8 Å². The zero-order chi connectivity index (χ0) is 12.0. The van der Waals surface area contributed by atoms with Crippen LogP contribution in [-0.4, -0.2) is 25.3 Å². The molecular formula is C11H12ClNO3. The number of halogens is 1. The molecule has 1 amide bonds. The summed E-state index contributed by atoms with van der Waals surface area (Å²) in [7, 11) is 0. The van der Waals surface area contributed by atoms with Crippen LogP contribution >= 0.6 is 11.6 Å². The molecule has 86 valence electrons. The van der Waals surface area contributed by atoms with Crippen LogP contribution < -0.4 is 10.1 Å². The van der Waals surface area contributed by atoms with E-state index in [1.165, 1.54) is 6.07 Å². The van der Waals surface area contributed by atoms with Crippen LogP contribution in [0.3, 0.4) is 0 Å². The minimum Gasteiger partial charge on any atom is -0.482 e. The van der Waals surface area contributed by atoms with E-state index in [2.05, 4.69) is 5.32 Å². The maximum atomic E-state index is 11.1. The van der Waals surface area contributed by atoms with Crippen LogP contribution in [0.2, 0.25) is 5.02 Å². The van der Waals surface area contributed by atoms with Gasteiger partial charge in [0.1, 0.15) is 12.0 Å². The molecule has 0 saturated carbocycles. The fourth-order valence-electron chi connectivity index (χ4n) is 1.10. The van der Waals surface area contributed by atoms with Crippen LogP contribution in [0.25, 0.3) is 0 Å². The van der Waals surface area contributed by atoms with Crippen molar-refractivity contribution in [1.29, 1.82) is 0 Å². The van der Waals surface area contributed by atoms with Gasteiger partial charge in [-0.1, -0.05) is 11.6 Å². The van der Waals surface area contributed by atoms with E-state index in [0.29, 0.717) is 29.2 Å². The molecule has 0 aromatic heterocycles. The smallest absolute Gasteiger partial charge is 0.257 e. The first-order valence-electron chi connectivity index (χ1n) is 4.81. The van der Waals surface area contributed by atoms with Crippen LogP contribution in [0.1, 0.15) is 17.3 Å². The topological polar surface area (TPSA) is 55.4 Å². The third kappa shape index (κ3) is 3.55. The van der Waals surface area contributed by atoms with Gasteiger partial charge in [-0.15, -0.1) is 0 Å². The van der Waals surface area contributed by atoms with Gasteiger partial charge >= 0.3 is 0 Å². The van der Waals surface area contributed by atoms with Crippen molar-refractivity contribution in [2.75, 3.05) is 13.2 Å². The van der Waals surface area contributed by atoms with Crippen LogP contribution in [0.5, 0.6) is 5.75 Å². The summed E-state index contributed by atoms with van der Waals surface area (Å²) in [4.78, 5) is 21.6. The van der Waals surface area contributed by atoms with Crippen molar-refractivity contribution in [3.8, 4) is 5.75 Å². The van der Waals surface area contributed by atoms with Gasteiger partial charge in [0.25, 0.3) is 5.91 Å². The first-order chi connectivity index (χ1) is 7.67. The Bertz CT molecular complexity index is 393. The van der Waals surface area contributed by atoms with Crippen LogP contribution in [-0.2, 0) is 4.79 Å². The minimum atomic E-state index is -0.210. The average molecular weight is 242 g/mol. The number of carbonyl (C=O) groups is 2. The molecule has 0 radical (unpaired) electrons. The molecule has 0 atom stereocenters. The van der Waals surface area contributed by atoms with Crippen LogP contribution in [0.4, 0.5) is 0 Å². The Labute approximate surface area is 98.5 Å². The van der Waals surface area contributed by atoms with Gasteiger partial charge in [-0.3, -0.25) is 9.59 Å². The summed E-state index contributed by atoms with van der Waals surface area (Å²) in [6.07, 6.45) is 0.694. The number of carbonyl (C=O) groups excluding carboxylic acids is 2. The Morgan fingerprint density at radius 3 is 2.88 bits per heavy atom. The summed E-state index contributed by atoms with van der Waals surface area (Å²) in [6.45, 7) is 2.29. The van der Waals surface area contributed by atoms with E-state index in [0.717, 1.165) is 0 Å². The molecule has 4 nitrogen and oxygen atoms in total. The molecule has 1 rings (SSSR count). The van der Waals surface area contributed by atoms with Crippen molar-refractivity contribution in [2.45, 2.75) is 6.92 Å². The second-order valence-corrected chi connectivity index (χ2v) is 3.46. The van der Waals surface area contributed by atoms with Gasteiger partial charge in [0.2, 0.25) is 0 Å². The molecule has 0 fully saturated rings. The van der Waals surface area contributed by atoms with E-state index in [9.17, 15) is 9.59 Å². The second-order valence-electron chi connectivity index (χ2n) is 3.05. The molecule has 1 aromatic carbocycles. The SMILES string of the molecule is CCNC(=O)COc1ccc(C=O)cc1Cl. The molecular weight excluding hydrogens is 230 g/mol. The summed E-state index contributed by atoms with van der Waals surface area (Å²) < 4.78 is 5.19. The molecule has 0 unspecified atom stereocenters. The standard InChI is InChI=1S/C11H12ClNO3/c1-2-13-11(15)7-16-10-4-3-8(6-14)5-9(10)12/h3-6H,2,7H2,1H3,(H,13,15). The molecule has 0 spiro atoms. The molecule has 0 aliphatic carbocycles. The molecule has 1 N–H and O–H groups in total. The number of likely N-dealkylation sites (N-methyl/N-ethyl adjacent to an activating group) is 1. The lowest BCUT2D eigenvalue weighted by molar-refractivity contribution is -0.122. The zero-order valence-corrected chi connectivity index (χ0v) is 9.58. The highest BCUT2D eigenvalue weighted by Crippen LogP contribution is 2.24. The number of nitrogens with one attached hydrogen (secondary N) is 1. The molecule has 0 saturated heterocycles. The summed E-state index contributed by atoms with van der Waals surface area (Å²) >= 11 is 5.85. The van der Waals surface area contributed by atoms with Gasteiger partial charge in [-0.05, 0) is 25.1 Å². The summed E-state index contributed by atoms with van der Waals surface area (Å²) in [5.74, 6) is 0.177. The minimum absolute atomic E-state index is 0.0893. The first kappa shape index (κ1) is 12.5. The predicted molar refractivity (Wildman–Crippen MR) is 61.0 cm³/mol. The van der Waals surface area contributed by atoms with Gasteiger partial charge in [-0.25, -0.2) is 0 Å². The van der Waals surface area contributed by atoms with Crippen molar-refractivity contribution in [2.24, 2.45) is 0 Å². The predicted octanol–water partition coefficient (Wildman–Crippen LogP) is 1.67. The van der Waals surface area contributed by atoms with Crippen LogP contribution in [0, 0.1) is 0 Å². The van der Waals surface area contributed by atoms with Crippen molar-refractivity contribution in [3.63, 3.8) is 0 Å². The molecule has 0 aliphatic rings. The quantitative estimate of drug-likeness (QED) is 0.798. The van der Waals surface area contributed by atoms with E-state index in [1.54, 1.807) is 12.1 Å². The van der Waals surface area contributed by atoms with Gasteiger partial charge < -0.3 is 10.1 Å². The highest BCUT2D eigenvalue weighted by Gasteiger charge is 2.05. The molecule has 0 heterocycles. The molecule has 16 heavy (non-hydrogen) atoms. The Morgan fingerprint density at radius 1 is 1.56 bits per heavy atom. The average Bonchev–Trinajstić information content (AvgIpc) is 2.27. The molecule has 0 bridgehead atoms. The lowest BCUT2D eigenvalue weighted by Gasteiger charge is -2.07. The number of aldehydes is 1. The Balaban J connectivity index is 2.60. The number of amides is 1. The maximum Gasteiger partial charge on any atom is 0.257 e. The van der Waals surface area contributed by atoms with Gasteiger partial charge in [0, 0.05) is 12.1 Å². The van der Waals surface area contributed by atoms with Crippen molar-refractivity contribution in [1.82, 2.24) is 5.32 Å². The largest absolute Gasteiger partial charge is 0.482 e. The Morgan fingerprint density at radius 2 is 2.31 bits per heavy atom. The summed E-state index contributed by atoms with van der Waals surface area (Å²) in [6, 6.07) is 4.62. The molecule has 5 heteroatoms. The van der Waals surface area contributed by atoms with Crippen molar-refractivity contribution >= 4 is 23.8 Å². The fourth-order valence-corrected chi connectivity index (χ4v) is 1.34. The van der Waals surface area contributed by atoms with E-state index in [4.69, 9.17) is 16.3 Å². The van der Waals surface area contributed by atoms with Crippen molar-refractivity contribution < 1.29 is 14.3 Å². The Kier molecular flexibility index (Phi) is 4.79. The van der Waals surface area contributed by atoms with Gasteiger partial charge in [0.15, 0.2) is 6.61 Å². The fraction of sp³-hybridized carbons (Fsp3) is 0.273. The summed E-state index contributed by atoms with van der Waals surface area (Å²) in [5, 5.41) is 2.91. The highest BCUT2D eigenvalue weighted by atomic mass is 35.5. The lowest BCUT2D eigenvalue weighted by atomic mass is 10.2. The number of hydrogen-bond donors (Lipinski definition) is 1. The third-order valence-electron chi connectivity index (χ3n) is 1.82. The van der Waals surface area contributed by atoms with Gasteiger partial charge in [0.05, 0.1) is 5.02 Å². The zero-order valence-electron chi connectivity index (χ0n) is 8.83. The van der Waals surface area contributed by atoms with Crippen LogP contribution in [0.15, 0.2) is 18.2 Å². The van der Waals surface area contributed by atoms with E-state index in [1.807, 2.05) is 6.92 Å². The number of hydrogen-bond acceptors (Lipinski definition) is 3. The number of benzene rings is 1. The second kappa shape index (κ2) is 6.12. The maximum absolute atomic E-state index is 11.1. The van der Waals surface area contributed by atoms with Gasteiger partial charge in [-0.2, -0.15) is 0 Å². The monoisotopic (exact) mass is 241 g/mol.